The lowest BCUT2D eigenvalue weighted by Gasteiger charge is -2.36. The van der Waals surface area contributed by atoms with Crippen LogP contribution in [-0.4, -0.2) is 61.1 Å². The van der Waals surface area contributed by atoms with Crippen molar-refractivity contribution in [3.05, 3.63) is 45.8 Å². The van der Waals surface area contributed by atoms with Crippen molar-refractivity contribution in [2.24, 2.45) is 7.05 Å². The van der Waals surface area contributed by atoms with Gasteiger partial charge in [-0.1, -0.05) is 17.7 Å². The molecule has 0 unspecified atom stereocenters. The maximum Gasteiger partial charge on any atom is 0.287 e. The molecule has 140 valence electrons. The van der Waals surface area contributed by atoms with Gasteiger partial charge in [-0.25, -0.2) is 4.68 Å². The summed E-state index contributed by atoms with van der Waals surface area (Å²) >= 11 is 6.07. The summed E-state index contributed by atoms with van der Waals surface area (Å²) in [6, 6.07) is 8.17. The summed E-state index contributed by atoms with van der Waals surface area (Å²) in [6.45, 7) is 5.52. The molecule has 26 heavy (non-hydrogen) atoms. The number of anilines is 2. The number of piperazine rings is 1. The fourth-order valence-electron chi connectivity index (χ4n) is 3.02. The van der Waals surface area contributed by atoms with Crippen LogP contribution in [0.3, 0.4) is 0 Å². The fraction of sp³-hybridized carbons (Fsp3) is 0.444. The van der Waals surface area contributed by atoms with Crippen molar-refractivity contribution in [2.75, 3.05) is 56.6 Å². The number of hydrogen-bond acceptors (Lipinski definition) is 6. The Morgan fingerprint density at radius 1 is 1.27 bits per heavy atom. The first-order chi connectivity index (χ1) is 12.6. The molecular weight excluding hydrogens is 354 g/mol. The molecule has 1 aliphatic rings. The zero-order valence-electron chi connectivity index (χ0n) is 15.1. The molecular formula is C18H24ClN5O2. The van der Waals surface area contributed by atoms with Crippen LogP contribution in [0.25, 0.3) is 0 Å². The molecule has 0 aliphatic carbocycles. The quantitative estimate of drug-likeness (QED) is 0.826. The fourth-order valence-corrected chi connectivity index (χ4v) is 3.26. The second-order valence-electron chi connectivity index (χ2n) is 6.26. The topological polar surface area (TPSA) is 62.6 Å². The maximum atomic E-state index is 11.8. The van der Waals surface area contributed by atoms with E-state index in [4.69, 9.17) is 16.3 Å². The summed E-state index contributed by atoms with van der Waals surface area (Å²) in [5, 5.41) is 7.38. The van der Waals surface area contributed by atoms with Gasteiger partial charge in [-0.2, -0.15) is 5.10 Å². The maximum absolute atomic E-state index is 11.8. The average molecular weight is 378 g/mol. The third-order valence-electron chi connectivity index (χ3n) is 4.61. The summed E-state index contributed by atoms with van der Waals surface area (Å²) in [6.07, 6.45) is 1.59. The molecule has 0 saturated carbocycles. The lowest BCUT2D eigenvalue weighted by molar-refractivity contribution is 0.267. The number of benzene rings is 1. The van der Waals surface area contributed by atoms with Gasteiger partial charge in [-0.3, -0.25) is 9.69 Å². The van der Waals surface area contributed by atoms with Crippen molar-refractivity contribution in [1.29, 1.82) is 0 Å². The van der Waals surface area contributed by atoms with Crippen LogP contribution in [0.5, 0.6) is 5.75 Å². The second kappa shape index (κ2) is 8.42. The molecule has 1 saturated heterocycles. The number of ether oxygens (including phenoxy) is 1. The highest BCUT2D eigenvalue weighted by Gasteiger charge is 2.17. The summed E-state index contributed by atoms with van der Waals surface area (Å²) < 4.78 is 6.53. The van der Waals surface area contributed by atoms with Gasteiger partial charge in [0.05, 0.1) is 19.0 Å². The number of methoxy groups -OCH3 is 1. The first-order valence-electron chi connectivity index (χ1n) is 8.65. The summed E-state index contributed by atoms with van der Waals surface area (Å²) in [5.74, 6) is 0.883. The Labute approximate surface area is 158 Å². The molecule has 2 aromatic rings. The molecule has 1 aromatic carbocycles. The van der Waals surface area contributed by atoms with E-state index in [9.17, 15) is 4.79 Å². The average Bonchev–Trinajstić information content (AvgIpc) is 2.68. The third kappa shape index (κ3) is 4.28. The smallest absolute Gasteiger partial charge is 0.287 e. The van der Waals surface area contributed by atoms with Gasteiger partial charge in [-0.15, -0.1) is 0 Å². The van der Waals surface area contributed by atoms with Crippen LogP contribution < -0.4 is 20.5 Å². The van der Waals surface area contributed by atoms with E-state index in [1.165, 1.54) is 10.4 Å². The van der Waals surface area contributed by atoms with Crippen molar-refractivity contribution >= 4 is 23.0 Å². The Bertz CT molecular complexity index is 802. The molecule has 0 bridgehead atoms. The number of halogens is 1. The first-order valence-corrected chi connectivity index (χ1v) is 9.03. The van der Waals surface area contributed by atoms with E-state index in [0.29, 0.717) is 12.2 Å². The lowest BCUT2D eigenvalue weighted by Crippen LogP contribution is -2.47. The number of rotatable bonds is 6. The minimum atomic E-state index is -0.288. The van der Waals surface area contributed by atoms with Crippen LogP contribution in [0.1, 0.15) is 0 Å². The van der Waals surface area contributed by atoms with Crippen LogP contribution in [-0.2, 0) is 7.05 Å². The van der Waals surface area contributed by atoms with E-state index < -0.39 is 0 Å². The molecule has 1 fully saturated rings. The molecule has 0 amide bonds. The minimum Gasteiger partial charge on any atom is -0.497 e. The van der Waals surface area contributed by atoms with Gasteiger partial charge in [0, 0.05) is 58.1 Å². The molecule has 1 aromatic heterocycles. The van der Waals surface area contributed by atoms with Crippen molar-refractivity contribution in [3.8, 4) is 5.75 Å². The Balaban J connectivity index is 1.47. The molecule has 1 N–H and O–H groups in total. The van der Waals surface area contributed by atoms with Gasteiger partial charge in [0.25, 0.3) is 5.56 Å². The SMILES string of the molecule is COc1cccc(N2CCN(CCNc3cnn(C)c(=O)c3Cl)CC2)c1. The minimum absolute atomic E-state index is 0.186. The van der Waals surface area contributed by atoms with Crippen LogP contribution in [0, 0.1) is 0 Å². The predicted octanol–water partition coefficient (Wildman–Crippen LogP) is 1.68. The van der Waals surface area contributed by atoms with Crippen LogP contribution >= 0.6 is 11.6 Å². The highest BCUT2D eigenvalue weighted by molar-refractivity contribution is 6.32. The van der Waals surface area contributed by atoms with E-state index in [0.717, 1.165) is 38.5 Å². The highest BCUT2D eigenvalue weighted by atomic mass is 35.5. The van der Waals surface area contributed by atoms with E-state index >= 15 is 0 Å². The number of aryl methyl sites for hydroxylation is 1. The van der Waals surface area contributed by atoms with Crippen LogP contribution in [0.2, 0.25) is 5.02 Å². The largest absolute Gasteiger partial charge is 0.497 e. The zero-order valence-corrected chi connectivity index (χ0v) is 15.9. The molecule has 7 nitrogen and oxygen atoms in total. The normalized spacial score (nSPS) is 15.1. The summed E-state index contributed by atoms with van der Waals surface area (Å²) in [5.41, 5.74) is 1.49. The number of hydrogen-bond donors (Lipinski definition) is 1. The van der Waals surface area contributed by atoms with Crippen LogP contribution in [0.4, 0.5) is 11.4 Å². The predicted molar refractivity (Wildman–Crippen MR) is 105 cm³/mol. The Morgan fingerprint density at radius 2 is 2.04 bits per heavy atom. The second-order valence-corrected chi connectivity index (χ2v) is 6.64. The number of nitrogens with one attached hydrogen (secondary N) is 1. The van der Waals surface area contributed by atoms with Crippen molar-refractivity contribution < 1.29 is 4.74 Å². The molecule has 1 aliphatic heterocycles. The molecule has 0 radical (unpaired) electrons. The van der Waals surface area contributed by atoms with E-state index in [1.807, 2.05) is 12.1 Å². The van der Waals surface area contributed by atoms with Crippen molar-refractivity contribution in [3.63, 3.8) is 0 Å². The summed E-state index contributed by atoms with van der Waals surface area (Å²) in [7, 11) is 3.27. The van der Waals surface area contributed by atoms with Crippen molar-refractivity contribution in [2.45, 2.75) is 0 Å². The third-order valence-corrected chi connectivity index (χ3v) is 4.98. The van der Waals surface area contributed by atoms with Gasteiger partial charge in [0.15, 0.2) is 0 Å². The summed E-state index contributed by atoms with van der Waals surface area (Å²) in [4.78, 5) is 16.5. The standard InChI is InChI=1S/C18H24ClN5O2/c1-22-18(25)17(19)16(13-21-22)20-6-7-23-8-10-24(11-9-23)14-4-3-5-15(12-14)26-2/h3-5,12-13,20H,6-11H2,1-2H3. The number of aromatic nitrogens is 2. The van der Waals surface area contributed by atoms with Crippen LogP contribution in [0.15, 0.2) is 35.3 Å². The number of nitrogens with zero attached hydrogens (tertiary/aromatic N) is 4. The Hall–Kier alpha value is -2.25. The molecule has 0 atom stereocenters. The monoisotopic (exact) mass is 377 g/mol. The molecule has 8 heteroatoms. The Morgan fingerprint density at radius 3 is 2.77 bits per heavy atom. The first kappa shape index (κ1) is 18.5. The van der Waals surface area contributed by atoms with Gasteiger partial charge in [0.2, 0.25) is 0 Å². The Kier molecular flexibility index (Phi) is 6.00. The van der Waals surface area contributed by atoms with Gasteiger partial charge < -0.3 is 15.0 Å². The molecule has 2 heterocycles. The van der Waals surface area contributed by atoms with E-state index in [1.54, 1.807) is 20.4 Å². The van der Waals surface area contributed by atoms with E-state index in [-0.39, 0.29) is 10.6 Å². The zero-order chi connectivity index (χ0) is 18.5. The highest BCUT2D eigenvalue weighted by Crippen LogP contribution is 2.22. The molecule has 0 spiro atoms. The van der Waals surface area contributed by atoms with Gasteiger partial charge in [0.1, 0.15) is 10.8 Å². The van der Waals surface area contributed by atoms with Gasteiger partial charge in [-0.05, 0) is 12.1 Å². The van der Waals surface area contributed by atoms with Gasteiger partial charge >= 0.3 is 0 Å². The lowest BCUT2D eigenvalue weighted by atomic mass is 10.2. The van der Waals surface area contributed by atoms with E-state index in [2.05, 4.69) is 32.3 Å². The van der Waals surface area contributed by atoms with Crippen molar-refractivity contribution in [1.82, 2.24) is 14.7 Å². The molecule has 3 rings (SSSR count).